The van der Waals surface area contributed by atoms with Gasteiger partial charge in [0.05, 0.1) is 6.54 Å². The largest absolute Gasteiger partial charge is 0.465 e. The molecule has 1 aromatic heterocycles. The Hall–Kier alpha value is -0.760. The molecule has 0 aliphatic carbocycles. The fourth-order valence-electron chi connectivity index (χ4n) is 1.14. The molecule has 0 radical (unpaired) electrons. The Labute approximate surface area is 86.7 Å². The zero-order valence-electron chi connectivity index (χ0n) is 9.85. The first-order valence-electron chi connectivity index (χ1n) is 5.18. The number of furan rings is 1. The lowest BCUT2D eigenvalue weighted by Gasteiger charge is -2.27. The van der Waals surface area contributed by atoms with E-state index in [2.05, 4.69) is 33.0 Å². The van der Waals surface area contributed by atoms with Crippen LogP contribution < -0.4 is 5.32 Å². The monoisotopic (exact) mass is 195 g/mol. The summed E-state index contributed by atoms with van der Waals surface area (Å²) in [7, 11) is 0. The van der Waals surface area contributed by atoms with Crippen LogP contribution in [0.25, 0.3) is 0 Å². The van der Waals surface area contributed by atoms with Gasteiger partial charge in [0.15, 0.2) is 0 Å². The lowest BCUT2D eigenvalue weighted by atomic mass is 9.88. The maximum Gasteiger partial charge on any atom is 0.117 e. The van der Waals surface area contributed by atoms with E-state index in [1.807, 2.05) is 19.1 Å². The van der Waals surface area contributed by atoms with Gasteiger partial charge in [-0.25, -0.2) is 0 Å². The van der Waals surface area contributed by atoms with E-state index in [1.165, 1.54) is 0 Å². The van der Waals surface area contributed by atoms with Crippen LogP contribution in [-0.4, -0.2) is 6.04 Å². The summed E-state index contributed by atoms with van der Waals surface area (Å²) in [5.74, 6) is 1.99. The van der Waals surface area contributed by atoms with Gasteiger partial charge in [0.2, 0.25) is 0 Å². The van der Waals surface area contributed by atoms with E-state index in [4.69, 9.17) is 4.42 Å². The third-order valence-corrected chi connectivity index (χ3v) is 2.68. The van der Waals surface area contributed by atoms with Crippen molar-refractivity contribution in [1.29, 1.82) is 0 Å². The number of nitrogens with one attached hydrogen (secondary N) is 1. The molecule has 1 atom stereocenters. The number of aryl methyl sites for hydroxylation is 1. The van der Waals surface area contributed by atoms with Crippen LogP contribution in [0.4, 0.5) is 0 Å². The summed E-state index contributed by atoms with van der Waals surface area (Å²) in [6, 6.07) is 4.50. The van der Waals surface area contributed by atoms with E-state index in [9.17, 15) is 0 Å². The fraction of sp³-hybridized carbons (Fsp3) is 0.667. The minimum atomic E-state index is 0.293. The third-order valence-electron chi connectivity index (χ3n) is 2.68. The topological polar surface area (TPSA) is 25.2 Å². The summed E-state index contributed by atoms with van der Waals surface area (Å²) < 4.78 is 5.48. The summed E-state index contributed by atoms with van der Waals surface area (Å²) >= 11 is 0. The molecule has 1 N–H and O–H groups in total. The van der Waals surface area contributed by atoms with Gasteiger partial charge in [-0.15, -0.1) is 0 Å². The van der Waals surface area contributed by atoms with Crippen molar-refractivity contribution in [2.24, 2.45) is 5.41 Å². The van der Waals surface area contributed by atoms with Gasteiger partial charge in [-0.05, 0) is 31.4 Å². The molecule has 2 nitrogen and oxygen atoms in total. The maximum absolute atomic E-state index is 5.48. The van der Waals surface area contributed by atoms with Gasteiger partial charge in [0, 0.05) is 6.04 Å². The smallest absolute Gasteiger partial charge is 0.117 e. The van der Waals surface area contributed by atoms with Crippen molar-refractivity contribution in [2.75, 3.05) is 0 Å². The molecule has 1 aromatic rings. The molecule has 0 saturated carbocycles. The molecule has 1 rings (SSSR count). The molecule has 1 unspecified atom stereocenters. The summed E-state index contributed by atoms with van der Waals surface area (Å²) in [5, 5.41) is 3.46. The predicted octanol–water partition coefficient (Wildman–Crippen LogP) is 3.11. The highest BCUT2D eigenvalue weighted by molar-refractivity contribution is 5.05. The van der Waals surface area contributed by atoms with Crippen molar-refractivity contribution in [3.63, 3.8) is 0 Å². The highest BCUT2D eigenvalue weighted by Crippen LogP contribution is 2.19. The van der Waals surface area contributed by atoms with E-state index in [-0.39, 0.29) is 0 Å². The van der Waals surface area contributed by atoms with Gasteiger partial charge < -0.3 is 9.73 Å². The first-order chi connectivity index (χ1) is 6.39. The minimum Gasteiger partial charge on any atom is -0.465 e. The molecule has 0 spiro atoms. The molecule has 1 heterocycles. The Morgan fingerprint density at radius 2 is 2.00 bits per heavy atom. The van der Waals surface area contributed by atoms with Crippen LogP contribution in [0.1, 0.15) is 39.2 Å². The van der Waals surface area contributed by atoms with Crippen molar-refractivity contribution in [2.45, 2.75) is 47.2 Å². The van der Waals surface area contributed by atoms with Crippen LogP contribution in [0.3, 0.4) is 0 Å². The average molecular weight is 195 g/mol. The molecular weight excluding hydrogens is 174 g/mol. The number of rotatable bonds is 3. The molecule has 0 aromatic carbocycles. The Morgan fingerprint density at radius 3 is 2.43 bits per heavy atom. The molecule has 0 aliphatic rings. The Kier molecular flexibility index (Phi) is 3.38. The van der Waals surface area contributed by atoms with Gasteiger partial charge in [-0.1, -0.05) is 20.8 Å². The maximum atomic E-state index is 5.48. The normalized spacial score (nSPS) is 14.4. The number of hydrogen-bond donors (Lipinski definition) is 1. The Morgan fingerprint density at radius 1 is 1.36 bits per heavy atom. The highest BCUT2D eigenvalue weighted by Gasteiger charge is 2.19. The molecule has 2 heteroatoms. The lowest BCUT2D eigenvalue weighted by Crippen LogP contribution is -2.37. The van der Waals surface area contributed by atoms with Crippen LogP contribution >= 0.6 is 0 Å². The second-order valence-electron chi connectivity index (χ2n) is 4.98. The van der Waals surface area contributed by atoms with Gasteiger partial charge in [-0.3, -0.25) is 0 Å². The predicted molar refractivity (Wildman–Crippen MR) is 59.2 cm³/mol. The highest BCUT2D eigenvalue weighted by atomic mass is 16.3. The van der Waals surface area contributed by atoms with Crippen LogP contribution in [-0.2, 0) is 6.54 Å². The van der Waals surface area contributed by atoms with Crippen molar-refractivity contribution in [1.82, 2.24) is 5.32 Å². The molecular formula is C12H21NO. The van der Waals surface area contributed by atoms with Crippen LogP contribution in [0, 0.1) is 12.3 Å². The van der Waals surface area contributed by atoms with Gasteiger partial charge in [-0.2, -0.15) is 0 Å². The zero-order valence-corrected chi connectivity index (χ0v) is 9.85. The van der Waals surface area contributed by atoms with E-state index in [1.54, 1.807) is 0 Å². The lowest BCUT2D eigenvalue weighted by molar-refractivity contribution is 0.277. The second kappa shape index (κ2) is 4.18. The molecule has 80 valence electrons. The first kappa shape index (κ1) is 11.3. The quantitative estimate of drug-likeness (QED) is 0.801. The summed E-state index contributed by atoms with van der Waals surface area (Å²) in [4.78, 5) is 0. The van der Waals surface area contributed by atoms with Gasteiger partial charge in [0.25, 0.3) is 0 Å². The Balaban J connectivity index is 2.41. The zero-order chi connectivity index (χ0) is 10.8. The van der Waals surface area contributed by atoms with E-state index >= 15 is 0 Å². The van der Waals surface area contributed by atoms with E-state index in [0.29, 0.717) is 11.5 Å². The summed E-state index contributed by atoms with van der Waals surface area (Å²) in [6.45, 7) is 11.7. The minimum absolute atomic E-state index is 0.293. The van der Waals surface area contributed by atoms with Crippen molar-refractivity contribution in [3.8, 4) is 0 Å². The van der Waals surface area contributed by atoms with Crippen LogP contribution in [0.2, 0.25) is 0 Å². The second-order valence-corrected chi connectivity index (χ2v) is 4.98. The Bertz CT molecular complexity index is 283. The van der Waals surface area contributed by atoms with Crippen LogP contribution in [0.5, 0.6) is 0 Å². The van der Waals surface area contributed by atoms with E-state index < -0.39 is 0 Å². The van der Waals surface area contributed by atoms with Gasteiger partial charge in [0.1, 0.15) is 11.5 Å². The summed E-state index contributed by atoms with van der Waals surface area (Å²) in [5.41, 5.74) is 0.293. The SMILES string of the molecule is Cc1ccc(CNC(C)C(C)(C)C)o1. The van der Waals surface area contributed by atoms with Gasteiger partial charge >= 0.3 is 0 Å². The molecule has 0 fully saturated rings. The molecule has 0 bridgehead atoms. The van der Waals surface area contributed by atoms with Crippen molar-refractivity contribution >= 4 is 0 Å². The van der Waals surface area contributed by atoms with Crippen molar-refractivity contribution in [3.05, 3.63) is 23.7 Å². The van der Waals surface area contributed by atoms with Crippen molar-refractivity contribution < 1.29 is 4.42 Å². The van der Waals surface area contributed by atoms with E-state index in [0.717, 1.165) is 18.1 Å². The first-order valence-corrected chi connectivity index (χ1v) is 5.18. The van der Waals surface area contributed by atoms with Crippen LogP contribution in [0.15, 0.2) is 16.5 Å². The molecule has 0 saturated heterocycles. The molecule has 0 amide bonds. The summed E-state index contributed by atoms with van der Waals surface area (Å²) in [6.07, 6.45) is 0. The molecule has 0 aliphatic heterocycles. The average Bonchev–Trinajstić information content (AvgIpc) is 2.45. The molecule has 14 heavy (non-hydrogen) atoms. The number of hydrogen-bond acceptors (Lipinski definition) is 2. The fourth-order valence-corrected chi connectivity index (χ4v) is 1.14. The standard InChI is InChI=1S/C12H21NO/c1-9-6-7-11(14-9)8-13-10(2)12(3,4)5/h6-7,10,13H,8H2,1-5H3. The third kappa shape index (κ3) is 3.18.